The maximum Gasteiger partial charge on any atom is 0.496 e. The summed E-state index contributed by atoms with van der Waals surface area (Å²) in [6.45, 7) is 12.3. The quantitative estimate of drug-likeness (QED) is 0.182. The first-order valence-corrected chi connectivity index (χ1v) is 13.7. The van der Waals surface area contributed by atoms with Crippen molar-refractivity contribution in [3.8, 4) is 23.0 Å². The fourth-order valence-electron chi connectivity index (χ4n) is 3.61. The highest BCUT2D eigenvalue weighted by Crippen LogP contribution is 2.35. The van der Waals surface area contributed by atoms with Gasteiger partial charge in [-0.3, -0.25) is 0 Å². The summed E-state index contributed by atoms with van der Waals surface area (Å²) < 4.78 is 43.9. The van der Waals surface area contributed by atoms with Crippen molar-refractivity contribution in [2.45, 2.75) is 94.4 Å². The molecule has 0 aliphatic heterocycles. The van der Waals surface area contributed by atoms with E-state index in [1.165, 1.54) is 14.2 Å². The molecule has 0 amide bonds. The Hall–Kier alpha value is -2.06. The average Bonchev–Trinajstić information content (AvgIpc) is 2.90. The maximum atomic E-state index is 9.40. The van der Waals surface area contributed by atoms with Crippen LogP contribution in [0.3, 0.4) is 0 Å². The van der Waals surface area contributed by atoms with Crippen LogP contribution in [-0.4, -0.2) is 70.4 Å². The molecule has 2 aromatic carbocycles. The summed E-state index contributed by atoms with van der Waals surface area (Å²) in [5.41, 5.74) is 1.94. The van der Waals surface area contributed by atoms with E-state index in [0.29, 0.717) is 24.7 Å². The third-order valence-electron chi connectivity index (χ3n) is 5.26. The molecule has 10 nitrogen and oxygen atoms in total. The molecule has 0 bridgehead atoms. The first-order valence-electron chi connectivity index (χ1n) is 12.9. The average molecular weight is 663 g/mol. The molecule has 2 rings (SSSR count). The van der Waals surface area contributed by atoms with Gasteiger partial charge in [-0.2, -0.15) is 0 Å². The van der Waals surface area contributed by atoms with Crippen LogP contribution in [0, 0.1) is 0 Å². The molecule has 2 atom stereocenters. The second kappa shape index (κ2) is 21.6. The van der Waals surface area contributed by atoms with Gasteiger partial charge in [0, 0.05) is 0 Å². The van der Waals surface area contributed by atoms with Crippen LogP contribution < -0.4 is 24.4 Å². The van der Waals surface area contributed by atoms with Crippen LogP contribution in [0.4, 0.5) is 0 Å². The lowest BCUT2D eigenvalue weighted by Gasteiger charge is -2.18. The number of rotatable bonds is 15. The first kappa shape index (κ1) is 42.1. The number of hydrogen-bond acceptors (Lipinski definition) is 10. The topological polar surface area (TPSA) is 114 Å². The van der Waals surface area contributed by atoms with Crippen LogP contribution >= 0.6 is 15.9 Å². The van der Waals surface area contributed by atoms with E-state index in [0.717, 1.165) is 27.1 Å². The number of hydrogen-bond donors (Lipinski definition) is 2. The molecule has 2 unspecified atom stereocenters. The van der Waals surface area contributed by atoms with Crippen molar-refractivity contribution < 1.29 is 47.9 Å². The third-order valence-corrected chi connectivity index (χ3v) is 6.05. The smallest absolute Gasteiger partial charge is 0.496 e. The summed E-state index contributed by atoms with van der Waals surface area (Å²) in [5.74, 6) is 2.10. The summed E-state index contributed by atoms with van der Waals surface area (Å²) in [5, 5.41) is 18.8. The van der Waals surface area contributed by atoms with Crippen molar-refractivity contribution in [2.24, 2.45) is 0 Å². The van der Waals surface area contributed by atoms with Crippen LogP contribution in [-0.2, 0) is 32.2 Å². The minimum atomic E-state index is -1.67. The highest BCUT2D eigenvalue weighted by Gasteiger charge is 2.23. The molecule has 0 saturated heterocycles. The van der Waals surface area contributed by atoms with E-state index in [1.54, 1.807) is 26.4 Å². The highest BCUT2D eigenvalue weighted by molar-refractivity contribution is 9.10. The van der Waals surface area contributed by atoms with E-state index in [4.69, 9.17) is 37.9 Å². The highest BCUT2D eigenvalue weighted by atomic mass is 79.9. The first-order chi connectivity index (χ1) is 18.9. The Labute approximate surface area is 261 Å². The third kappa shape index (κ3) is 14.4. The van der Waals surface area contributed by atoms with E-state index < -0.39 is 7.12 Å². The van der Waals surface area contributed by atoms with Gasteiger partial charge >= 0.3 is 7.12 Å². The molecular formula is C30H52BBrO10. The van der Waals surface area contributed by atoms with Gasteiger partial charge in [-0.1, -0.05) is 14.9 Å². The van der Waals surface area contributed by atoms with E-state index in [9.17, 15) is 10.0 Å². The minimum Gasteiger partial charge on any atom is -0.497 e. The van der Waals surface area contributed by atoms with Gasteiger partial charge in [0.05, 0.1) is 59.3 Å². The van der Waals surface area contributed by atoms with Crippen molar-refractivity contribution in [2.75, 3.05) is 28.4 Å². The Morgan fingerprint density at radius 2 is 0.929 bits per heavy atom. The second-order valence-electron chi connectivity index (χ2n) is 9.23. The van der Waals surface area contributed by atoms with Crippen molar-refractivity contribution in [1.29, 1.82) is 0 Å². The van der Waals surface area contributed by atoms with Gasteiger partial charge in [-0.25, -0.2) is 0 Å². The fraction of sp³-hybridized carbons (Fsp3) is 0.600. The predicted octanol–water partition coefficient (Wildman–Crippen LogP) is 5.70. The van der Waals surface area contributed by atoms with Crippen LogP contribution in [0.15, 0.2) is 28.7 Å². The standard InChI is InChI=1S/C14H23BO6.C14H21BrO4.2CH4/c1-9(2)21-10(3)20-8-11-6-12(18-4)14(15(16)17)13(7-11)19-5;1-9(2)19-10(3)18-8-11-6-12(16-4)14(15)13(7-11)17-5;;/h6-7,9-10,16-17H,8H2,1-5H3;6-7,9-10H,8H2,1-5H3;2*1H4. The van der Waals surface area contributed by atoms with Crippen LogP contribution in [0.1, 0.15) is 67.5 Å². The zero-order chi connectivity index (χ0) is 30.4. The van der Waals surface area contributed by atoms with Gasteiger partial charge in [0.2, 0.25) is 0 Å². The Bertz CT molecular complexity index is 970. The van der Waals surface area contributed by atoms with Crippen LogP contribution in [0.25, 0.3) is 0 Å². The largest absolute Gasteiger partial charge is 0.497 e. The molecule has 0 aliphatic rings. The van der Waals surface area contributed by atoms with Crippen molar-refractivity contribution in [3.63, 3.8) is 0 Å². The molecule has 0 aromatic heterocycles. The molecular weight excluding hydrogens is 611 g/mol. The van der Waals surface area contributed by atoms with Gasteiger partial charge < -0.3 is 47.9 Å². The second-order valence-corrected chi connectivity index (χ2v) is 10.0. The zero-order valence-electron chi connectivity index (χ0n) is 25.1. The molecule has 0 aliphatic carbocycles. The summed E-state index contributed by atoms with van der Waals surface area (Å²) in [6, 6.07) is 7.18. The van der Waals surface area contributed by atoms with E-state index in [-0.39, 0.29) is 45.1 Å². The van der Waals surface area contributed by atoms with Gasteiger partial charge in [0.15, 0.2) is 12.6 Å². The lowest BCUT2D eigenvalue weighted by molar-refractivity contribution is -0.158. The Balaban J connectivity index is 0. The SMILES string of the molecule is C.C.COc1cc(COC(C)OC(C)C)cc(OC)c1B(O)O.COc1cc(COC(C)OC(C)C)cc(OC)c1Br. The van der Waals surface area contributed by atoms with E-state index in [2.05, 4.69) is 15.9 Å². The monoisotopic (exact) mass is 662 g/mol. The predicted molar refractivity (Wildman–Crippen MR) is 171 cm³/mol. The van der Waals surface area contributed by atoms with Gasteiger partial charge in [-0.15, -0.1) is 0 Å². The zero-order valence-corrected chi connectivity index (χ0v) is 26.7. The number of ether oxygens (including phenoxy) is 8. The van der Waals surface area contributed by atoms with Crippen LogP contribution in [0.2, 0.25) is 0 Å². The molecule has 0 spiro atoms. The molecule has 42 heavy (non-hydrogen) atoms. The number of benzene rings is 2. The van der Waals surface area contributed by atoms with Crippen molar-refractivity contribution in [3.05, 3.63) is 39.9 Å². The summed E-state index contributed by atoms with van der Waals surface area (Å²) in [7, 11) is 4.47. The normalized spacial score (nSPS) is 11.9. The molecule has 0 heterocycles. The van der Waals surface area contributed by atoms with E-state index in [1.807, 2.05) is 53.7 Å². The molecule has 0 fully saturated rings. The number of methoxy groups -OCH3 is 4. The van der Waals surface area contributed by atoms with Crippen molar-refractivity contribution in [1.82, 2.24) is 0 Å². The summed E-state index contributed by atoms with van der Waals surface area (Å²) >= 11 is 3.43. The molecule has 0 saturated carbocycles. The Morgan fingerprint density at radius 3 is 1.19 bits per heavy atom. The van der Waals surface area contributed by atoms with Gasteiger partial charge in [0.1, 0.15) is 27.5 Å². The molecule has 0 radical (unpaired) electrons. The number of halogens is 1. The Morgan fingerprint density at radius 1 is 0.619 bits per heavy atom. The van der Waals surface area contributed by atoms with Gasteiger partial charge in [-0.05, 0) is 92.9 Å². The fourth-order valence-corrected chi connectivity index (χ4v) is 4.16. The van der Waals surface area contributed by atoms with Crippen molar-refractivity contribution >= 4 is 28.5 Å². The minimum absolute atomic E-state index is 0. The molecule has 2 N–H and O–H groups in total. The van der Waals surface area contributed by atoms with Crippen LogP contribution in [0.5, 0.6) is 23.0 Å². The molecule has 2 aromatic rings. The van der Waals surface area contributed by atoms with Gasteiger partial charge in [0.25, 0.3) is 0 Å². The van der Waals surface area contributed by atoms with E-state index >= 15 is 0 Å². The summed E-state index contributed by atoms with van der Waals surface area (Å²) in [4.78, 5) is 0. The molecule has 12 heteroatoms. The lowest BCUT2D eigenvalue weighted by Crippen LogP contribution is -2.33. The molecule has 242 valence electrons. The lowest BCUT2D eigenvalue weighted by atomic mass is 9.78. The maximum absolute atomic E-state index is 9.40. The Kier molecular flexibility index (Phi) is 21.6. The summed E-state index contributed by atoms with van der Waals surface area (Å²) in [6.07, 6.45) is -0.370.